The molecule has 18 heavy (non-hydrogen) atoms. The van der Waals surface area contributed by atoms with Gasteiger partial charge in [-0.15, -0.1) is 11.3 Å². The van der Waals surface area contributed by atoms with Gasteiger partial charge in [0.15, 0.2) is 5.78 Å². The number of ketones is 1. The third-order valence-corrected chi connectivity index (χ3v) is 3.58. The second-order valence-corrected chi connectivity index (χ2v) is 5.61. The van der Waals surface area contributed by atoms with Gasteiger partial charge in [-0.2, -0.15) is 0 Å². The summed E-state index contributed by atoms with van der Waals surface area (Å²) in [6, 6.07) is 1.47. The van der Waals surface area contributed by atoms with E-state index in [2.05, 4.69) is 4.98 Å². The Labute approximate surface area is 115 Å². The smallest absolute Gasteiger partial charge is 0.358 e. The molecule has 0 fully saturated rings. The second kappa shape index (κ2) is 5.05. The van der Waals surface area contributed by atoms with Gasteiger partial charge >= 0.3 is 5.82 Å². The zero-order valence-electron chi connectivity index (χ0n) is 8.67. The fourth-order valence-electron chi connectivity index (χ4n) is 1.31. The van der Waals surface area contributed by atoms with Crippen molar-refractivity contribution in [3.8, 4) is 0 Å². The van der Waals surface area contributed by atoms with Crippen molar-refractivity contribution < 1.29 is 9.72 Å². The number of aromatic nitrogens is 2. The molecule has 0 aliphatic heterocycles. The lowest BCUT2D eigenvalue weighted by molar-refractivity contribution is -0.389. The molecule has 0 aliphatic carbocycles. The molecule has 0 saturated carbocycles. The summed E-state index contributed by atoms with van der Waals surface area (Å²) >= 11 is 12.7. The average Bonchev–Trinajstić information content (AvgIpc) is 2.85. The summed E-state index contributed by atoms with van der Waals surface area (Å²) in [6.45, 7) is -0.0758. The Balaban J connectivity index is 2.16. The fourth-order valence-corrected chi connectivity index (χ4v) is 2.81. The van der Waals surface area contributed by atoms with E-state index in [0.717, 1.165) is 11.3 Å². The summed E-state index contributed by atoms with van der Waals surface area (Å²) in [7, 11) is 0. The highest BCUT2D eigenvalue weighted by Crippen LogP contribution is 2.31. The van der Waals surface area contributed by atoms with Crippen LogP contribution in [0.3, 0.4) is 0 Å². The van der Waals surface area contributed by atoms with Crippen molar-refractivity contribution in [2.75, 3.05) is 0 Å². The number of halogens is 2. The van der Waals surface area contributed by atoms with Crippen LogP contribution < -0.4 is 0 Å². The Morgan fingerprint density at radius 1 is 1.56 bits per heavy atom. The van der Waals surface area contributed by atoms with Crippen molar-refractivity contribution in [3.05, 3.63) is 42.9 Å². The predicted octanol–water partition coefficient (Wildman–Crippen LogP) is 3.04. The lowest BCUT2D eigenvalue weighted by Crippen LogP contribution is -2.08. The summed E-state index contributed by atoms with van der Waals surface area (Å²) in [4.78, 5) is 25.2. The molecule has 0 N–H and O–H groups in total. The van der Waals surface area contributed by atoms with Gasteiger partial charge < -0.3 is 14.7 Å². The molecule has 0 aliphatic rings. The molecular formula is C9H5Cl2N3O3S. The van der Waals surface area contributed by atoms with Crippen LogP contribution in [0.25, 0.3) is 0 Å². The molecule has 9 heteroatoms. The summed E-state index contributed by atoms with van der Waals surface area (Å²) in [5.41, 5.74) is 0.308. The quantitative estimate of drug-likeness (QED) is 0.494. The minimum Gasteiger partial charge on any atom is -0.358 e. The van der Waals surface area contributed by atoms with E-state index >= 15 is 0 Å². The Kier molecular flexibility index (Phi) is 3.65. The molecule has 2 aromatic heterocycles. The van der Waals surface area contributed by atoms with E-state index in [1.165, 1.54) is 23.2 Å². The Bertz CT molecular complexity index is 622. The van der Waals surface area contributed by atoms with E-state index in [0.29, 0.717) is 14.2 Å². The van der Waals surface area contributed by atoms with E-state index in [4.69, 9.17) is 23.2 Å². The zero-order chi connectivity index (χ0) is 13.3. The first-order chi connectivity index (χ1) is 8.47. The molecule has 2 heterocycles. The molecule has 2 aromatic rings. The molecule has 2 rings (SSSR count). The number of thiophene rings is 1. The molecule has 0 bridgehead atoms. The van der Waals surface area contributed by atoms with E-state index in [1.807, 2.05) is 0 Å². The molecule has 0 radical (unpaired) electrons. The molecule has 0 aromatic carbocycles. The van der Waals surface area contributed by atoms with E-state index in [1.54, 1.807) is 0 Å². The molecular weight excluding hydrogens is 301 g/mol. The van der Waals surface area contributed by atoms with Gasteiger partial charge in [0.1, 0.15) is 10.5 Å². The summed E-state index contributed by atoms with van der Waals surface area (Å²) in [5, 5.41) is 10.4. The fraction of sp³-hybridized carbons (Fsp3) is 0.111. The highest BCUT2D eigenvalue weighted by atomic mass is 35.5. The van der Waals surface area contributed by atoms with Gasteiger partial charge in [0.25, 0.3) is 0 Å². The minimum atomic E-state index is -0.630. The number of nitro groups is 1. The highest BCUT2D eigenvalue weighted by molar-refractivity contribution is 7.20. The number of imidazole rings is 1. The van der Waals surface area contributed by atoms with Gasteiger partial charge in [-0.1, -0.05) is 23.2 Å². The normalized spacial score (nSPS) is 10.6. The number of nitrogens with zero attached hydrogens (tertiary/aromatic N) is 3. The summed E-state index contributed by atoms with van der Waals surface area (Å²) in [6.07, 6.45) is 2.40. The molecule has 0 spiro atoms. The standard InChI is InChI=1S/C9H5Cl2N3O3S/c10-7-1-5(9(11)18-7)6(15)2-13-3-8(12-4-13)14(16)17/h1,3-4H,2H2. The van der Waals surface area contributed by atoms with Gasteiger partial charge in [0, 0.05) is 0 Å². The number of hydrogen-bond donors (Lipinski definition) is 0. The SMILES string of the molecule is O=C(Cn1cnc([N+](=O)[O-])c1)c1cc(Cl)sc1Cl. The van der Waals surface area contributed by atoms with Crippen molar-refractivity contribution in [2.45, 2.75) is 6.54 Å². The van der Waals surface area contributed by atoms with Crippen LogP contribution in [-0.2, 0) is 6.54 Å². The van der Waals surface area contributed by atoms with Gasteiger partial charge in [0.2, 0.25) is 6.33 Å². The molecule has 0 amide bonds. The number of rotatable bonds is 4. The van der Waals surface area contributed by atoms with Gasteiger partial charge in [-0.25, -0.2) is 0 Å². The maximum Gasteiger partial charge on any atom is 0.381 e. The predicted molar refractivity (Wildman–Crippen MR) is 67.6 cm³/mol. The van der Waals surface area contributed by atoms with Gasteiger partial charge in [0.05, 0.1) is 16.4 Å². The lowest BCUT2D eigenvalue weighted by atomic mass is 10.2. The minimum absolute atomic E-state index is 0.0758. The summed E-state index contributed by atoms with van der Waals surface area (Å²) < 4.78 is 2.04. The maximum absolute atomic E-state index is 11.9. The first kappa shape index (κ1) is 13.0. The molecule has 0 unspecified atom stereocenters. The van der Waals surface area contributed by atoms with Crippen molar-refractivity contribution in [1.82, 2.24) is 9.55 Å². The van der Waals surface area contributed by atoms with Crippen molar-refractivity contribution in [2.24, 2.45) is 0 Å². The second-order valence-electron chi connectivity index (χ2n) is 3.32. The van der Waals surface area contributed by atoms with Crippen molar-refractivity contribution >= 4 is 46.1 Å². The Hall–Kier alpha value is -1.44. The number of carbonyl (C=O) groups excluding carboxylic acids is 1. The maximum atomic E-state index is 11.9. The zero-order valence-corrected chi connectivity index (χ0v) is 11.0. The molecule has 0 atom stereocenters. The van der Waals surface area contributed by atoms with Crippen LogP contribution in [0.1, 0.15) is 10.4 Å². The number of Topliss-reactive ketones (excluding diaryl/α,β-unsaturated/α-hetero) is 1. The van der Waals surface area contributed by atoms with Gasteiger partial charge in [-0.05, 0) is 16.0 Å². The molecule has 94 valence electrons. The van der Waals surface area contributed by atoms with E-state index < -0.39 is 4.92 Å². The van der Waals surface area contributed by atoms with Crippen LogP contribution in [-0.4, -0.2) is 20.3 Å². The van der Waals surface area contributed by atoms with E-state index in [-0.39, 0.29) is 18.1 Å². The van der Waals surface area contributed by atoms with Crippen LogP contribution in [0.4, 0.5) is 5.82 Å². The van der Waals surface area contributed by atoms with Crippen molar-refractivity contribution in [1.29, 1.82) is 0 Å². The van der Waals surface area contributed by atoms with Crippen molar-refractivity contribution in [3.63, 3.8) is 0 Å². The third-order valence-electron chi connectivity index (χ3n) is 2.09. The highest BCUT2D eigenvalue weighted by Gasteiger charge is 2.17. The lowest BCUT2D eigenvalue weighted by Gasteiger charge is -1.98. The van der Waals surface area contributed by atoms with Crippen LogP contribution >= 0.6 is 34.5 Å². The number of carbonyl (C=O) groups is 1. The van der Waals surface area contributed by atoms with Gasteiger partial charge in [-0.3, -0.25) is 4.79 Å². The first-order valence-corrected chi connectivity index (χ1v) is 6.19. The van der Waals surface area contributed by atoms with E-state index in [9.17, 15) is 14.9 Å². The van der Waals surface area contributed by atoms with Crippen LogP contribution in [0, 0.1) is 10.1 Å². The topological polar surface area (TPSA) is 78.0 Å². The van der Waals surface area contributed by atoms with Crippen LogP contribution in [0.5, 0.6) is 0 Å². The van der Waals surface area contributed by atoms with Crippen LogP contribution in [0.15, 0.2) is 18.6 Å². The monoisotopic (exact) mass is 305 g/mol. The molecule has 6 nitrogen and oxygen atoms in total. The number of hydrogen-bond acceptors (Lipinski definition) is 5. The largest absolute Gasteiger partial charge is 0.381 e. The third kappa shape index (κ3) is 2.69. The Morgan fingerprint density at radius 2 is 2.28 bits per heavy atom. The first-order valence-electron chi connectivity index (χ1n) is 4.61. The van der Waals surface area contributed by atoms with Crippen LogP contribution in [0.2, 0.25) is 8.67 Å². The Morgan fingerprint density at radius 3 is 2.78 bits per heavy atom. The average molecular weight is 306 g/mol. The summed E-state index contributed by atoms with van der Waals surface area (Å²) in [5.74, 6) is -0.590. The molecule has 0 saturated heterocycles.